The minimum absolute atomic E-state index is 0.125. The van der Waals surface area contributed by atoms with Crippen LogP contribution in [0, 0.1) is 0 Å². The molecule has 3 rings (SSSR count). The zero-order valence-electron chi connectivity index (χ0n) is 16.4. The van der Waals surface area contributed by atoms with Crippen LogP contribution in [0.15, 0.2) is 42.5 Å². The molecule has 1 amide bonds. The Morgan fingerprint density at radius 1 is 1.11 bits per heavy atom. The van der Waals surface area contributed by atoms with Crippen LogP contribution in [0.1, 0.15) is 30.5 Å². The third-order valence-corrected chi connectivity index (χ3v) is 4.54. The van der Waals surface area contributed by atoms with E-state index in [0.717, 1.165) is 23.3 Å². The van der Waals surface area contributed by atoms with E-state index in [4.69, 9.17) is 18.9 Å². The molecule has 0 bridgehead atoms. The van der Waals surface area contributed by atoms with Crippen molar-refractivity contribution in [2.24, 2.45) is 0 Å². The second-order valence-corrected chi connectivity index (χ2v) is 6.31. The zero-order valence-corrected chi connectivity index (χ0v) is 16.4. The van der Waals surface area contributed by atoms with Gasteiger partial charge in [-0.25, -0.2) is 0 Å². The quantitative estimate of drug-likeness (QED) is 0.738. The Morgan fingerprint density at radius 2 is 1.89 bits per heavy atom. The van der Waals surface area contributed by atoms with Gasteiger partial charge in [-0.05, 0) is 48.4 Å². The molecule has 1 aliphatic heterocycles. The standard InChI is InChI=1S/C22H25NO5/c1-4-18(15-5-8-20-21(14-15)28-12-11-27-20)23-22(24)10-6-16-13-17(25-2)7-9-19(16)26-3/h5-10,13-14,18H,4,11-12H2,1-3H3,(H,23,24). The van der Waals surface area contributed by atoms with Gasteiger partial charge in [0.2, 0.25) is 5.91 Å². The summed E-state index contributed by atoms with van der Waals surface area (Å²) < 4.78 is 21.8. The SMILES string of the molecule is CCC(NC(=O)C=Cc1cc(OC)ccc1OC)c1ccc2c(c1)OCCO2. The fourth-order valence-corrected chi connectivity index (χ4v) is 3.05. The van der Waals surface area contributed by atoms with E-state index in [1.165, 1.54) is 6.08 Å². The van der Waals surface area contributed by atoms with E-state index in [1.54, 1.807) is 26.4 Å². The number of benzene rings is 2. The van der Waals surface area contributed by atoms with Crippen molar-refractivity contribution in [2.75, 3.05) is 27.4 Å². The van der Waals surface area contributed by atoms with Crippen molar-refractivity contribution < 1.29 is 23.7 Å². The maximum atomic E-state index is 12.5. The number of nitrogens with one attached hydrogen (secondary N) is 1. The van der Waals surface area contributed by atoms with Crippen LogP contribution in [0.2, 0.25) is 0 Å². The predicted molar refractivity (Wildman–Crippen MR) is 107 cm³/mol. The molecule has 1 N–H and O–H groups in total. The van der Waals surface area contributed by atoms with Crippen LogP contribution >= 0.6 is 0 Å². The maximum absolute atomic E-state index is 12.5. The number of hydrogen-bond acceptors (Lipinski definition) is 5. The third kappa shape index (κ3) is 4.57. The summed E-state index contributed by atoms with van der Waals surface area (Å²) in [4.78, 5) is 12.5. The number of carbonyl (C=O) groups excluding carboxylic acids is 1. The highest BCUT2D eigenvalue weighted by atomic mass is 16.6. The fraction of sp³-hybridized carbons (Fsp3) is 0.318. The minimum Gasteiger partial charge on any atom is -0.497 e. The van der Waals surface area contributed by atoms with Crippen molar-refractivity contribution in [3.63, 3.8) is 0 Å². The van der Waals surface area contributed by atoms with Crippen LogP contribution in [0.3, 0.4) is 0 Å². The lowest BCUT2D eigenvalue weighted by atomic mass is 10.0. The highest BCUT2D eigenvalue weighted by Crippen LogP contribution is 2.33. The average molecular weight is 383 g/mol. The molecule has 6 heteroatoms. The van der Waals surface area contributed by atoms with Gasteiger partial charge in [0, 0.05) is 11.6 Å². The molecule has 1 unspecified atom stereocenters. The van der Waals surface area contributed by atoms with Crippen LogP contribution in [0.5, 0.6) is 23.0 Å². The van der Waals surface area contributed by atoms with Gasteiger partial charge in [-0.15, -0.1) is 0 Å². The van der Waals surface area contributed by atoms with Crippen molar-refractivity contribution in [1.82, 2.24) is 5.32 Å². The van der Waals surface area contributed by atoms with Crippen molar-refractivity contribution >= 4 is 12.0 Å². The molecule has 1 heterocycles. The summed E-state index contributed by atoms with van der Waals surface area (Å²) in [5.41, 5.74) is 1.75. The molecule has 2 aromatic carbocycles. The van der Waals surface area contributed by atoms with Gasteiger partial charge in [-0.3, -0.25) is 4.79 Å². The van der Waals surface area contributed by atoms with Crippen molar-refractivity contribution in [3.8, 4) is 23.0 Å². The Bertz CT molecular complexity index is 862. The molecule has 0 saturated heterocycles. The summed E-state index contributed by atoms with van der Waals surface area (Å²) in [6.45, 7) is 3.11. The van der Waals surface area contributed by atoms with Crippen LogP contribution in [0.4, 0.5) is 0 Å². The first-order chi connectivity index (χ1) is 13.6. The zero-order chi connectivity index (χ0) is 19.9. The van der Waals surface area contributed by atoms with Crippen molar-refractivity contribution in [3.05, 3.63) is 53.6 Å². The van der Waals surface area contributed by atoms with Gasteiger partial charge in [-0.2, -0.15) is 0 Å². The van der Waals surface area contributed by atoms with Crippen LogP contribution in [-0.2, 0) is 4.79 Å². The van der Waals surface area contributed by atoms with Gasteiger partial charge in [0.1, 0.15) is 24.7 Å². The molecule has 1 atom stereocenters. The Morgan fingerprint density at radius 3 is 2.61 bits per heavy atom. The van der Waals surface area contributed by atoms with E-state index in [-0.39, 0.29) is 11.9 Å². The monoisotopic (exact) mass is 383 g/mol. The average Bonchev–Trinajstić information content (AvgIpc) is 2.75. The van der Waals surface area contributed by atoms with Crippen molar-refractivity contribution in [1.29, 1.82) is 0 Å². The molecule has 0 aliphatic carbocycles. The van der Waals surface area contributed by atoms with Crippen LogP contribution in [0.25, 0.3) is 6.08 Å². The molecular formula is C22H25NO5. The first-order valence-corrected chi connectivity index (χ1v) is 9.24. The molecule has 2 aromatic rings. The molecule has 0 saturated carbocycles. The van der Waals surface area contributed by atoms with E-state index in [0.29, 0.717) is 30.5 Å². The van der Waals surface area contributed by atoms with Gasteiger partial charge in [0.05, 0.1) is 20.3 Å². The molecule has 148 valence electrons. The molecule has 0 spiro atoms. The van der Waals surface area contributed by atoms with Crippen LogP contribution < -0.4 is 24.3 Å². The Balaban J connectivity index is 1.72. The van der Waals surface area contributed by atoms with E-state index in [2.05, 4.69) is 5.32 Å². The second-order valence-electron chi connectivity index (χ2n) is 6.31. The summed E-state index contributed by atoms with van der Waals surface area (Å²) in [6, 6.07) is 11.1. The maximum Gasteiger partial charge on any atom is 0.244 e. The summed E-state index contributed by atoms with van der Waals surface area (Å²) in [6.07, 6.45) is 3.97. The molecule has 0 fully saturated rings. The number of fused-ring (bicyclic) bond motifs is 1. The van der Waals surface area contributed by atoms with Gasteiger partial charge >= 0.3 is 0 Å². The topological polar surface area (TPSA) is 66.0 Å². The van der Waals surface area contributed by atoms with Gasteiger partial charge in [0.15, 0.2) is 11.5 Å². The first-order valence-electron chi connectivity index (χ1n) is 9.24. The van der Waals surface area contributed by atoms with Crippen LogP contribution in [-0.4, -0.2) is 33.3 Å². The molecule has 28 heavy (non-hydrogen) atoms. The molecular weight excluding hydrogens is 358 g/mol. The van der Waals surface area contributed by atoms with Gasteiger partial charge in [-0.1, -0.05) is 13.0 Å². The summed E-state index contributed by atoms with van der Waals surface area (Å²) >= 11 is 0. The highest BCUT2D eigenvalue weighted by Gasteiger charge is 2.17. The van der Waals surface area contributed by atoms with Gasteiger partial charge < -0.3 is 24.3 Å². The number of hydrogen-bond donors (Lipinski definition) is 1. The number of amides is 1. The lowest BCUT2D eigenvalue weighted by Gasteiger charge is -2.22. The Labute approximate surface area is 165 Å². The smallest absolute Gasteiger partial charge is 0.244 e. The molecule has 0 radical (unpaired) electrons. The summed E-state index contributed by atoms with van der Waals surface area (Å²) in [5.74, 6) is 2.63. The summed E-state index contributed by atoms with van der Waals surface area (Å²) in [5, 5.41) is 3.03. The minimum atomic E-state index is -0.188. The number of methoxy groups -OCH3 is 2. The first kappa shape index (κ1) is 19.6. The third-order valence-electron chi connectivity index (χ3n) is 4.54. The Kier molecular flexibility index (Phi) is 6.42. The van der Waals surface area contributed by atoms with E-state index in [9.17, 15) is 4.79 Å². The van der Waals surface area contributed by atoms with E-state index >= 15 is 0 Å². The Hall–Kier alpha value is -3.15. The number of rotatable bonds is 7. The lowest BCUT2D eigenvalue weighted by molar-refractivity contribution is -0.117. The molecule has 6 nitrogen and oxygen atoms in total. The molecule has 0 aromatic heterocycles. The molecule has 1 aliphatic rings. The highest BCUT2D eigenvalue weighted by molar-refractivity contribution is 5.92. The second kappa shape index (κ2) is 9.17. The fourth-order valence-electron chi connectivity index (χ4n) is 3.05. The van der Waals surface area contributed by atoms with E-state index in [1.807, 2.05) is 37.3 Å². The largest absolute Gasteiger partial charge is 0.497 e. The normalized spacial score (nSPS) is 13.8. The number of carbonyl (C=O) groups is 1. The van der Waals surface area contributed by atoms with Gasteiger partial charge in [0.25, 0.3) is 0 Å². The predicted octanol–water partition coefficient (Wildman–Crippen LogP) is 3.76. The van der Waals surface area contributed by atoms with E-state index < -0.39 is 0 Å². The van der Waals surface area contributed by atoms with Crippen molar-refractivity contribution in [2.45, 2.75) is 19.4 Å². The lowest BCUT2D eigenvalue weighted by Crippen LogP contribution is -2.26. The number of ether oxygens (including phenoxy) is 4. The summed E-state index contributed by atoms with van der Waals surface area (Å²) in [7, 11) is 3.19.